The van der Waals surface area contributed by atoms with Crippen molar-refractivity contribution in [2.24, 2.45) is 0 Å². The first-order valence-corrected chi connectivity index (χ1v) is 4.77. The van der Waals surface area contributed by atoms with Crippen LogP contribution in [0.5, 0.6) is 0 Å². The minimum atomic E-state index is -8.09. The summed E-state index contributed by atoms with van der Waals surface area (Å²) in [5.41, 5.74) is -8.09. The second kappa shape index (κ2) is 4.30. The largest absolute Gasteiger partial charge is 0.403 e. The zero-order valence-electron chi connectivity index (χ0n) is 9.62. The van der Waals surface area contributed by atoms with Crippen LogP contribution >= 0.6 is 0 Å². The summed E-state index contributed by atoms with van der Waals surface area (Å²) in [5, 5.41) is -4.13. The monoisotopic (exact) mass is 383 g/mol. The zero-order chi connectivity index (χ0) is 19.1. The number of halogens is 15. The third-order valence-electron chi connectivity index (χ3n) is 3.07. The Hall–Kier alpha value is -1.09. The fourth-order valence-corrected chi connectivity index (χ4v) is 1.72. The average Bonchev–Trinajstić information content (AvgIpc) is 2.34. The first-order chi connectivity index (χ1) is 9.69. The van der Waals surface area contributed by atoms with Crippen molar-refractivity contribution in [3.05, 3.63) is 0 Å². The van der Waals surface area contributed by atoms with Crippen molar-refractivity contribution < 1.29 is 66.0 Å². The first kappa shape index (κ1) is 20.0. The minimum absolute atomic E-state index is 4.13. The van der Waals surface area contributed by atoms with Crippen molar-refractivity contribution in [2.45, 2.75) is 41.3 Å². The molecule has 16 heteroatoms. The maximum atomic E-state index is 13.4. The van der Waals surface area contributed by atoms with E-state index in [1.165, 1.54) is 0 Å². The normalized spacial score (nSPS) is 30.3. The summed E-state index contributed by atoms with van der Waals surface area (Å²) in [5.74, 6) is -39.6. The van der Waals surface area contributed by atoms with Gasteiger partial charge in [0.15, 0.2) is 0 Å². The van der Waals surface area contributed by atoms with E-state index in [9.17, 15) is 66.0 Å². The third kappa shape index (κ3) is 1.62. The number of hydrogen-bond acceptors (Lipinski definition) is 1. The lowest BCUT2D eigenvalue weighted by Gasteiger charge is -2.53. The molecule has 138 valence electrons. The van der Waals surface area contributed by atoms with Crippen LogP contribution in [0.4, 0.5) is 66.0 Å². The molecular weight excluding hydrogens is 383 g/mol. The fraction of sp³-hybridized carbons (Fsp3) is 1.00. The van der Waals surface area contributed by atoms with Gasteiger partial charge in [-0.3, -0.25) is 0 Å². The molecule has 23 heavy (non-hydrogen) atoms. The minimum Gasteiger partial charge on any atom is -0.221 e. The predicted molar refractivity (Wildman–Crippen MR) is 37.6 cm³/mol. The SMILES string of the molecule is FN(F)C(F)(F)C1(F)C(F)(F)C(F)(F)C(F)(F)C(F)(F)C1(F)F. The summed E-state index contributed by atoms with van der Waals surface area (Å²) in [6, 6.07) is -7.70. The molecular formula is C7F15N. The number of rotatable bonds is 2. The van der Waals surface area contributed by atoms with Crippen LogP contribution in [0, 0.1) is 0 Å². The Morgan fingerprint density at radius 3 is 0.913 bits per heavy atom. The number of nitrogens with zero attached hydrogens (tertiary/aromatic N) is 1. The van der Waals surface area contributed by atoms with Gasteiger partial charge >= 0.3 is 41.3 Å². The molecule has 1 rings (SSSR count). The van der Waals surface area contributed by atoms with Crippen LogP contribution in [-0.4, -0.2) is 46.7 Å². The maximum Gasteiger partial charge on any atom is 0.403 e. The van der Waals surface area contributed by atoms with Gasteiger partial charge in [0.25, 0.3) is 0 Å². The Labute approximate surface area is 114 Å². The van der Waals surface area contributed by atoms with Gasteiger partial charge in [0, 0.05) is 0 Å². The van der Waals surface area contributed by atoms with E-state index in [4.69, 9.17) is 0 Å². The highest BCUT2D eigenvalue weighted by Gasteiger charge is 3.06. The van der Waals surface area contributed by atoms with Crippen LogP contribution < -0.4 is 0 Å². The summed E-state index contributed by atoms with van der Waals surface area (Å²) in [6.07, 6.45) is 0. The number of alkyl halides is 13. The van der Waals surface area contributed by atoms with Crippen molar-refractivity contribution in [2.75, 3.05) is 0 Å². The molecule has 0 aromatic carbocycles. The van der Waals surface area contributed by atoms with E-state index in [0.717, 1.165) is 0 Å². The Morgan fingerprint density at radius 2 is 0.696 bits per heavy atom. The van der Waals surface area contributed by atoms with Crippen molar-refractivity contribution in [1.82, 2.24) is 5.34 Å². The molecule has 1 saturated carbocycles. The summed E-state index contributed by atoms with van der Waals surface area (Å²) in [4.78, 5) is 0. The second-order valence-electron chi connectivity index (χ2n) is 4.30. The standard InChI is InChI=1S/C7F15N/c8-1(7(19,20)23(21)22)2(9,10)4(13,14)6(17,18)5(15,16)3(1,11)12. The van der Waals surface area contributed by atoms with Crippen LogP contribution in [0.2, 0.25) is 0 Å². The zero-order valence-corrected chi connectivity index (χ0v) is 9.62. The third-order valence-corrected chi connectivity index (χ3v) is 3.07. The molecule has 0 saturated heterocycles. The Balaban J connectivity index is 3.98. The summed E-state index contributed by atoms with van der Waals surface area (Å²) in [6.45, 7) is 0. The van der Waals surface area contributed by atoms with E-state index in [0.29, 0.717) is 0 Å². The highest BCUT2D eigenvalue weighted by molar-refractivity contribution is 5.29. The van der Waals surface area contributed by atoms with Gasteiger partial charge in [0.1, 0.15) is 0 Å². The molecule has 0 heterocycles. The van der Waals surface area contributed by atoms with Gasteiger partial charge in [-0.2, -0.15) is 52.7 Å². The fourth-order valence-electron chi connectivity index (χ4n) is 1.72. The molecule has 0 amide bonds. The quantitative estimate of drug-likeness (QED) is 0.384. The van der Waals surface area contributed by atoms with E-state index in [-0.39, 0.29) is 0 Å². The molecule has 0 aliphatic heterocycles. The van der Waals surface area contributed by atoms with E-state index in [1.54, 1.807) is 0 Å². The van der Waals surface area contributed by atoms with Gasteiger partial charge in [0.05, 0.1) is 5.34 Å². The van der Waals surface area contributed by atoms with Gasteiger partial charge < -0.3 is 0 Å². The first-order valence-electron chi connectivity index (χ1n) is 4.77. The van der Waals surface area contributed by atoms with Crippen molar-refractivity contribution >= 4 is 0 Å². The molecule has 1 aliphatic rings. The van der Waals surface area contributed by atoms with Crippen LogP contribution in [0.25, 0.3) is 0 Å². The molecule has 0 N–H and O–H groups in total. The van der Waals surface area contributed by atoms with Gasteiger partial charge in [0.2, 0.25) is 0 Å². The molecule has 0 bridgehead atoms. The summed E-state index contributed by atoms with van der Waals surface area (Å²) < 4.78 is 190. The van der Waals surface area contributed by atoms with Crippen molar-refractivity contribution in [3.8, 4) is 0 Å². The second-order valence-corrected chi connectivity index (χ2v) is 4.30. The van der Waals surface area contributed by atoms with Gasteiger partial charge in [-0.15, -0.1) is 0 Å². The predicted octanol–water partition coefficient (Wildman–Crippen LogP) is 4.55. The lowest BCUT2D eigenvalue weighted by atomic mass is 9.71. The van der Waals surface area contributed by atoms with Gasteiger partial charge in [-0.1, -0.05) is 8.96 Å². The van der Waals surface area contributed by atoms with Gasteiger partial charge in [-0.25, -0.2) is 4.39 Å². The van der Waals surface area contributed by atoms with Crippen LogP contribution in [0.3, 0.4) is 0 Å². The molecule has 0 aromatic heterocycles. The highest BCUT2D eigenvalue weighted by Crippen LogP contribution is 2.72. The highest BCUT2D eigenvalue weighted by atomic mass is 19.4. The summed E-state index contributed by atoms with van der Waals surface area (Å²) >= 11 is 0. The molecule has 1 nitrogen and oxygen atoms in total. The Kier molecular flexibility index (Phi) is 3.73. The topological polar surface area (TPSA) is 3.24 Å². The molecule has 0 unspecified atom stereocenters. The lowest BCUT2D eigenvalue weighted by Crippen LogP contribution is -2.88. The summed E-state index contributed by atoms with van der Waals surface area (Å²) in [7, 11) is 0. The number of hydrogen-bond donors (Lipinski definition) is 0. The molecule has 0 atom stereocenters. The van der Waals surface area contributed by atoms with E-state index in [2.05, 4.69) is 0 Å². The maximum absolute atomic E-state index is 13.4. The van der Waals surface area contributed by atoms with E-state index in [1.807, 2.05) is 0 Å². The Bertz CT molecular complexity index is 462. The van der Waals surface area contributed by atoms with E-state index < -0.39 is 46.7 Å². The molecule has 1 aliphatic carbocycles. The molecule has 0 spiro atoms. The molecule has 0 aromatic rings. The smallest absolute Gasteiger partial charge is 0.221 e. The molecule has 0 radical (unpaired) electrons. The van der Waals surface area contributed by atoms with Crippen molar-refractivity contribution in [3.63, 3.8) is 0 Å². The lowest BCUT2D eigenvalue weighted by molar-refractivity contribution is -0.531. The Morgan fingerprint density at radius 1 is 0.478 bits per heavy atom. The van der Waals surface area contributed by atoms with E-state index >= 15 is 0 Å². The van der Waals surface area contributed by atoms with Crippen molar-refractivity contribution in [1.29, 1.82) is 0 Å². The molecule has 1 fully saturated rings. The van der Waals surface area contributed by atoms with Crippen LogP contribution in [0.1, 0.15) is 0 Å². The van der Waals surface area contributed by atoms with Crippen LogP contribution in [-0.2, 0) is 0 Å². The van der Waals surface area contributed by atoms with Crippen LogP contribution in [0.15, 0.2) is 0 Å². The average molecular weight is 383 g/mol. The van der Waals surface area contributed by atoms with Gasteiger partial charge in [-0.05, 0) is 0 Å².